The molecule has 2 aliphatic rings. The summed E-state index contributed by atoms with van der Waals surface area (Å²) in [6, 6.07) is 9.68. The van der Waals surface area contributed by atoms with Gasteiger partial charge in [0.25, 0.3) is 0 Å². The lowest BCUT2D eigenvalue weighted by molar-refractivity contribution is -0.134. The summed E-state index contributed by atoms with van der Waals surface area (Å²) < 4.78 is 5.25. The minimum atomic E-state index is -0.508. The molecule has 0 unspecified atom stereocenters. The molecule has 0 radical (unpaired) electrons. The zero-order chi connectivity index (χ0) is 18.4. The number of ether oxygens (including phenoxy) is 1. The zero-order valence-corrected chi connectivity index (χ0v) is 15.4. The minimum absolute atomic E-state index is 0.00836. The molecule has 3 rings (SSSR count). The van der Waals surface area contributed by atoms with Crippen molar-refractivity contribution in [3.63, 3.8) is 0 Å². The van der Waals surface area contributed by atoms with E-state index < -0.39 is 6.04 Å². The predicted molar refractivity (Wildman–Crippen MR) is 98.7 cm³/mol. The fraction of sp³-hybridized carbons (Fsp3) is 0.579. The van der Waals surface area contributed by atoms with Gasteiger partial charge in [0, 0.05) is 45.8 Å². The first kappa shape index (κ1) is 18.7. The Hall–Kier alpha value is -2.12. The molecule has 3 amide bonds. The summed E-state index contributed by atoms with van der Waals surface area (Å²) in [5.74, 6) is -0.00836. The Morgan fingerprint density at radius 2 is 1.65 bits per heavy atom. The van der Waals surface area contributed by atoms with Crippen molar-refractivity contribution in [1.82, 2.24) is 20.0 Å². The molecule has 1 N–H and O–H groups in total. The average molecular weight is 360 g/mol. The van der Waals surface area contributed by atoms with Crippen molar-refractivity contribution in [1.29, 1.82) is 0 Å². The summed E-state index contributed by atoms with van der Waals surface area (Å²) >= 11 is 0. The summed E-state index contributed by atoms with van der Waals surface area (Å²) in [5, 5.41) is 2.82. The number of carbonyl (C=O) groups excluding carboxylic acids is 2. The van der Waals surface area contributed by atoms with Crippen molar-refractivity contribution in [2.24, 2.45) is 0 Å². The number of nitrogens with zero attached hydrogens (tertiary/aromatic N) is 3. The third-order valence-electron chi connectivity index (χ3n) is 4.94. The number of morpholine rings is 1. The number of hydrogen-bond acceptors (Lipinski definition) is 4. The summed E-state index contributed by atoms with van der Waals surface area (Å²) in [6.07, 6.45) is 0. The number of nitrogens with one attached hydrogen (secondary N) is 1. The van der Waals surface area contributed by atoms with Crippen LogP contribution in [0.1, 0.15) is 12.5 Å². The molecule has 0 aliphatic carbocycles. The van der Waals surface area contributed by atoms with Gasteiger partial charge < -0.3 is 19.9 Å². The van der Waals surface area contributed by atoms with Crippen LogP contribution in [0, 0.1) is 0 Å². The van der Waals surface area contributed by atoms with Gasteiger partial charge in [-0.2, -0.15) is 0 Å². The van der Waals surface area contributed by atoms with Crippen LogP contribution >= 0.6 is 0 Å². The Labute approximate surface area is 154 Å². The molecule has 0 bridgehead atoms. The normalized spacial score (nSPS) is 19.9. The summed E-state index contributed by atoms with van der Waals surface area (Å²) in [6.45, 7) is 8.03. The lowest BCUT2D eigenvalue weighted by Gasteiger charge is -2.36. The van der Waals surface area contributed by atoms with E-state index in [0.29, 0.717) is 39.4 Å². The van der Waals surface area contributed by atoms with E-state index in [9.17, 15) is 9.59 Å². The lowest BCUT2D eigenvalue weighted by Crippen LogP contribution is -2.56. The molecule has 26 heavy (non-hydrogen) atoms. The van der Waals surface area contributed by atoms with E-state index in [4.69, 9.17) is 4.74 Å². The van der Waals surface area contributed by atoms with Crippen molar-refractivity contribution < 1.29 is 14.3 Å². The highest BCUT2D eigenvalue weighted by molar-refractivity contribution is 5.86. The van der Waals surface area contributed by atoms with Crippen molar-refractivity contribution in [3.8, 4) is 0 Å². The molecule has 142 valence electrons. The third kappa shape index (κ3) is 4.95. The molecule has 2 aliphatic heterocycles. The third-order valence-corrected chi connectivity index (χ3v) is 4.94. The second-order valence-corrected chi connectivity index (χ2v) is 6.86. The number of rotatable bonds is 4. The molecule has 2 heterocycles. The minimum Gasteiger partial charge on any atom is -0.378 e. The Bertz CT molecular complexity index is 596. The van der Waals surface area contributed by atoms with E-state index in [1.54, 1.807) is 11.8 Å². The van der Waals surface area contributed by atoms with Gasteiger partial charge in [0.2, 0.25) is 5.91 Å². The van der Waals surface area contributed by atoms with Crippen LogP contribution in [0.4, 0.5) is 4.79 Å². The first-order chi connectivity index (χ1) is 12.6. The maximum Gasteiger partial charge on any atom is 0.318 e. The van der Waals surface area contributed by atoms with Crippen LogP contribution in [0.3, 0.4) is 0 Å². The van der Waals surface area contributed by atoms with Gasteiger partial charge >= 0.3 is 6.03 Å². The van der Waals surface area contributed by atoms with Gasteiger partial charge in [-0.25, -0.2) is 4.79 Å². The molecule has 0 aromatic heterocycles. The van der Waals surface area contributed by atoms with Gasteiger partial charge in [-0.15, -0.1) is 0 Å². The van der Waals surface area contributed by atoms with Gasteiger partial charge in [-0.3, -0.25) is 9.69 Å². The van der Waals surface area contributed by atoms with E-state index >= 15 is 0 Å². The first-order valence-corrected chi connectivity index (χ1v) is 9.32. The topological polar surface area (TPSA) is 65.1 Å². The lowest BCUT2D eigenvalue weighted by atomic mass is 10.2. The summed E-state index contributed by atoms with van der Waals surface area (Å²) in [4.78, 5) is 30.8. The predicted octanol–water partition coefficient (Wildman–Crippen LogP) is 0.761. The average Bonchev–Trinajstić information content (AvgIpc) is 2.69. The molecule has 1 atom stereocenters. The molecular formula is C19H28N4O3. The monoisotopic (exact) mass is 360 g/mol. The molecule has 1 aromatic carbocycles. The molecule has 0 saturated carbocycles. The number of piperazine rings is 1. The van der Waals surface area contributed by atoms with Crippen molar-refractivity contribution in [2.75, 3.05) is 52.5 Å². The second kappa shape index (κ2) is 9.00. The quantitative estimate of drug-likeness (QED) is 0.861. The molecule has 2 saturated heterocycles. The Morgan fingerprint density at radius 1 is 1.00 bits per heavy atom. The van der Waals surface area contributed by atoms with Crippen LogP contribution in [0.25, 0.3) is 0 Å². The van der Waals surface area contributed by atoms with E-state index in [0.717, 1.165) is 19.6 Å². The van der Waals surface area contributed by atoms with E-state index in [1.165, 1.54) is 5.56 Å². The van der Waals surface area contributed by atoms with Crippen LogP contribution < -0.4 is 5.32 Å². The molecule has 1 aromatic rings. The van der Waals surface area contributed by atoms with Gasteiger partial charge in [0.15, 0.2) is 0 Å². The van der Waals surface area contributed by atoms with Crippen molar-refractivity contribution >= 4 is 11.9 Å². The maximum atomic E-state index is 12.6. The van der Waals surface area contributed by atoms with Crippen LogP contribution in [0.5, 0.6) is 0 Å². The number of amides is 3. The Kier molecular flexibility index (Phi) is 6.46. The van der Waals surface area contributed by atoms with Gasteiger partial charge in [0.05, 0.1) is 13.2 Å². The van der Waals surface area contributed by atoms with Crippen LogP contribution in [-0.2, 0) is 16.1 Å². The number of carbonyl (C=O) groups is 2. The number of urea groups is 1. The van der Waals surface area contributed by atoms with Crippen LogP contribution in [0.2, 0.25) is 0 Å². The summed E-state index contributed by atoms with van der Waals surface area (Å²) in [7, 11) is 0. The Morgan fingerprint density at radius 3 is 2.31 bits per heavy atom. The molecule has 0 spiro atoms. The van der Waals surface area contributed by atoms with Gasteiger partial charge in [-0.05, 0) is 12.5 Å². The Balaban J connectivity index is 1.43. The SMILES string of the molecule is C[C@H](NC(=O)N1CCOCC1)C(=O)N1CCN(Cc2ccccc2)CC1. The zero-order valence-electron chi connectivity index (χ0n) is 15.4. The maximum absolute atomic E-state index is 12.6. The number of benzene rings is 1. The molecule has 2 fully saturated rings. The van der Waals surface area contributed by atoms with Crippen molar-refractivity contribution in [2.45, 2.75) is 19.5 Å². The van der Waals surface area contributed by atoms with E-state index in [1.807, 2.05) is 23.1 Å². The molecular weight excluding hydrogens is 332 g/mol. The second-order valence-electron chi connectivity index (χ2n) is 6.86. The van der Waals surface area contributed by atoms with Gasteiger partial charge in [-0.1, -0.05) is 30.3 Å². The fourth-order valence-electron chi connectivity index (χ4n) is 3.35. The fourth-order valence-corrected chi connectivity index (χ4v) is 3.35. The molecule has 7 nitrogen and oxygen atoms in total. The highest BCUT2D eigenvalue weighted by Crippen LogP contribution is 2.09. The largest absolute Gasteiger partial charge is 0.378 e. The summed E-state index contributed by atoms with van der Waals surface area (Å²) in [5.41, 5.74) is 1.29. The highest BCUT2D eigenvalue weighted by Gasteiger charge is 2.27. The van der Waals surface area contributed by atoms with E-state index in [2.05, 4.69) is 22.3 Å². The van der Waals surface area contributed by atoms with E-state index in [-0.39, 0.29) is 11.9 Å². The van der Waals surface area contributed by atoms with Gasteiger partial charge in [0.1, 0.15) is 6.04 Å². The van der Waals surface area contributed by atoms with Crippen LogP contribution in [0.15, 0.2) is 30.3 Å². The standard InChI is InChI=1S/C19H28N4O3/c1-16(20-19(25)23-11-13-26-14-12-23)18(24)22-9-7-21(8-10-22)15-17-5-3-2-4-6-17/h2-6,16H,7-15H2,1H3,(H,20,25)/t16-/m0/s1. The van der Waals surface area contributed by atoms with Crippen LogP contribution in [-0.4, -0.2) is 85.2 Å². The first-order valence-electron chi connectivity index (χ1n) is 9.32. The highest BCUT2D eigenvalue weighted by atomic mass is 16.5. The smallest absolute Gasteiger partial charge is 0.318 e. The number of hydrogen-bond donors (Lipinski definition) is 1. The molecule has 7 heteroatoms. The van der Waals surface area contributed by atoms with Crippen molar-refractivity contribution in [3.05, 3.63) is 35.9 Å².